The molecule has 0 fully saturated rings. The van der Waals surface area contributed by atoms with Crippen molar-refractivity contribution >= 4 is 17.9 Å². The van der Waals surface area contributed by atoms with E-state index >= 15 is 0 Å². The quantitative estimate of drug-likeness (QED) is 0.0261. The average molecular weight is 1130 g/mol. The molecule has 6 heteroatoms. The predicted molar refractivity (Wildman–Crippen MR) is 353 cm³/mol. The van der Waals surface area contributed by atoms with Crippen LogP contribution in [-0.2, 0) is 28.6 Å². The van der Waals surface area contributed by atoms with Crippen molar-refractivity contribution in [2.75, 3.05) is 13.2 Å². The maximum Gasteiger partial charge on any atom is 0.306 e. The van der Waals surface area contributed by atoms with Gasteiger partial charge in [-0.2, -0.15) is 0 Å². The molecule has 1 unspecified atom stereocenters. The first kappa shape index (κ1) is 77.9. The number of ether oxygens (including phenoxy) is 3. The predicted octanol–water partition coefficient (Wildman–Crippen LogP) is 24.4. The minimum atomic E-state index is -0.784. The lowest BCUT2D eigenvalue weighted by Gasteiger charge is -2.18. The third kappa shape index (κ3) is 67.5. The van der Waals surface area contributed by atoms with Crippen molar-refractivity contribution in [1.29, 1.82) is 0 Å². The molecule has 6 nitrogen and oxygen atoms in total. The van der Waals surface area contributed by atoms with Crippen LogP contribution in [0.3, 0.4) is 0 Å². The van der Waals surface area contributed by atoms with Gasteiger partial charge >= 0.3 is 17.9 Å². The van der Waals surface area contributed by atoms with Gasteiger partial charge in [-0.3, -0.25) is 14.4 Å². The third-order valence-corrected chi connectivity index (χ3v) is 15.7. The van der Waals surface area contributed by atoms with E-state index in [1.165, 1.54) is 244 Å². The number of unbranched alkanes of at least 4 members (excludes halogenated alkanes) is 42. The molecule has 0 spiro atoms. The van der Waals surface area contributed by atoms with Gasteiger partial charge in [-0.25, -0.2) is 0 Å². The molecular weight excluding hydrogens is 997 g/mol. The van der Waals surface area contributed by atoms with Crippen molar-refractivity contribution in [3.05, 3.63) is 72.9 Å². The summed E-state index contributed by atoms with van der Waals surface area (Å²) in [5.41, 5.74) is 0. The van der Waals surface area contributed by atoms with Crippen LogP contribution in [0.25, 0.3) is 0 Å². The van der Waals surface area contributed by atoms with Crippen LogP contribution in [0.2, 0.25) is 0 Å². The van der Waals surface area contributed by atoms with E-state index in [0.29, 0.717) is 19.3 Å². The van der Waals surface area contributed by atoms with Gasteiger partial charge in [0.1, 0.15) is 13.2 Å². The lowest BCUT2D eigenvalue weighted by Crippen LogP contribution is -2.30. The number of rotatable bonds is 65. The molecule has 0 aliphatic heterocycles. The van der Waals surface area contributed by atoms with Crippen LogP contribution in [-0.4, -0.2) is 37.2 Å². The SMILES string of the molecule is CCCCCC/C=C\C/C=C\CCCCCCCCCC(=O)OC(COC(=O)CCCCCCCCC/C=C\CCCCCCCCC)COC(=O)CCCCCCCCCCCCCC/C=C\C/C=C\C/C=C\CCCCCCC. The van der Waals surface area contributed by atoms with Crippen LogP contribution in [0.4, 0.5) is 0 Å². The first-order valence-electron chi connectivity index (χ1n) is 35.4. The van der Waals surface area contributed by atoms with E-state index in [4.69, 9.17) is 14.2 Å². The molecule has 0 saturated heterocycles. The summed E-state index contributed by atoms with van der Waals surface area (Å²) in [5, 5.41) is 0. The Morgan fingerprint density at radius 2 is 0.444 bits per heavy atom. The van der Waals surface area contributed by atoms with Gasteiger partial charge in [0.05, 0.1) is 0 Å². The summed E-state index contributed by atoms with van der Waals surface area (Å²) >= 11 is 0. The molecule has 0 N–H and O–H groups in total. The Labute approximate surface area is 503 Å². The molecule has 0 saturated carbocycles. The number of carbonyl (C=O) groups is 3. The van der Waals surface area contributed by atoms with Crippen LogP contribution >= 0.6 is 0 Å². The van der Waals surface area contributed by atoms with Crippen molar-refractivity contribution in [2.45, 2.75) is 374 Å². The van der Waals surface area contributed by atoms with E-state index in [9.17, 15) is 14.4 Å². The van der Waals surface area contributed by atoms with Crippen molar-refractivity contribution < 1.29 is 28.6 Å². The molecule has 0 aliphatic carbocycles. The minimum absolute atomic E-state index is 0.0788. The van der Waals surface area contributed by atoms with E-state index in [1.807, 2.05) is 0 Å². The largest absolute Gasteiger partial charge is 0.462 e. The van der Waals surface area contributed by atoms with Gasteiger partial charge in [-0.15, -0.1) is 0 Å². The molecule has 0 heterocycles. The second kappa shape index (κ2) is 69.3. The zero-order valence-corrected chi connectivity index (χ0v) is 54.1. The van der Waals surface area contributed by atoms with E-state index in [-0.39, 0.29) is 31.1 Å². The Morgan fingerprint density at radius 3 is 0.716 bits per heavy atom. The Morgan fingerprint density at radius 1 is 0.247 bits per heavy atom. The summed E-state index contributed by atoms with van der Waals surface area (Å²) in [6.45, 7) is 6.65. The highest BCUT2D eigenvalue weighted by molar-refractivity contribution is 5.71. The fraction of sp³-hybridized carbons (Fsp3) is 0.800. The van der Waals surface area contributed by atoms with E-state index in [1.54, 1.807) is 0 Å². The van der Waals surface area contributed by atoms with Crippen LogP contribution in [0, 0.1) is 0 Å². The molecule has 81 heavy (non-hydrogen) atoms. The molecule has 470 valence electrons. The lowest BCUT2D eigenvalue weighted by atomic mass is 10.0. The van der Waals surface area contributed by atoms with Crippen molar-refractivity contribution in [3.63, 3.8) is 0 Å². The monoisotopic (exact) mass is 1130 g/mol. The lowest BCUT2D eigenvalue weighted by molar-refractivity contribution is -0.167. The highest BCUT2D eigenvalue weighted by Gasteiger charge is 2.19. The number of carbonyl (C=O) groups excluding carboxylic acids is 3. The fourth-order valence-electron chi connectivity index (χ4n) is 10.3. The molecule has 0 aliphatic rings. The number of allylic oxidation sites excluding steroid dienone is 12. The van der Waals surface area contributed by atoms with Gasteiger partial charge in [0.25, 0.3) is 0 Å². The molecule has 1 atom stereocenters. The second-order valence-corrected chi connectivity index (χ2v) is 23.8. The van der Waals surface area contributed by atoms with Crippen molar-refractivity contribution in [2.24, 2.45) is 0 Å². The Balaban J connectivity index is 4.33. The van der Waals surface area contributed by atoms with Gasteiger partial charge < -0.3 is 14.2 Å². The van der Waals surface area contributed by atoms with E-state index < -0.39 is 6.10 Å². The smallest absolute Gasteiger partial charge is 0.306 e. The number of hydrogen-bond acceptors (Lipinski definition) is 6. The van der Waals surface area contributed by atoms with Crippen LogP contribution in [0.5, 0.6) is 0 Å². The van der Waals surface area contributed by atoms with Gasteiger partial charge in [0, 0.05) is 19.3 Å². The van der Waals surface area contributed by atoms with Crippen LogP contribution < -0.4 is 0 Å². The Bertz CT molecular complexity index is 1490. The third-order valence-electron chi connectivity index (χ3n) is 15.7. The van der Waals surface area contributed by atoms with E-state index in [2.05, 4.69) is 93.7 Å². The number of hydrogen-bond donors (Lipinski definition) is 0. The molecule has 0 rings (SSSR count). The summed E-state index contributed by atoms with van der Waals surface area (Å²) in [5.74, 6) is -0.873. The van der Waals surface area contributed by atoms with Crippen molar-refractivity contribution in [1.82, 2.24) is 0 Å². The van der Waals surface area contributed by atoms with Gasteiger partial charge in [0.15, 0.2) is 6.10 Å². The average Bonchev–Trinajstić information content (AvgIpc) is 3.47. The highest BCUT2D eigenvalue weighted by Crippen LogP contribution is 2.17. The fourth-order valence-corrected chi connectivity index (χ4v) is 10.3. The first-order chi connectivity index (χ1) is 40.0. The van der Waals surface area contributed by atoms with Crippen molar-refractivity contribution in [3.8, 4) is 0 Å². The molecule has 0 aromatic rings. The van der Waals surface area contributed by atoms with Crippen LogP contribution in [0.15, 0.2) is 72.9 Å². The highest BCUT2D eigenvalue weighted by atomic mass is 16.6. The summed E-state index contributed by atoms with van der Waals surface area (Å²) in [6, 6.07) is 0. The van der Waals surface area contributed by atoms with E-state index in [0.717, 1.165) is 83.5 Å². The zero-order chi connectivity index (χ0) is 58.5. The topological polar surface area (TPSA) is 78.9 Å². The first-order valence-corrected chi connectivity index (χ1v) is 35.4. The normalized spacial score (nSPS) is 12.5. The van der Waals surface area contributed by atoms with Gasteiger partial charge in [0.2, 0.25) is 0 Å². The second-order valence-electron chi connectivity index (χ2n) is 23.8. The summed E-state index contributed by atoms with van der Waals surface area (Å²) < 4.78 is 17.0. The molecular formula is C75H134O6. The zero-order valence-electron chi connectivity index (χ0n) is 54.1. The van der Waals surface area contributed by atoms with Gasteiger partial charge in [-0.05, 0) is 116 Å². The summed E-state index contributed by atoms with van der Waals surface area (Å²) in [6.07, 6.45) is 90.6. The molecule has 0 aromatic carbocycles. The molecule has 0 amide bonds. The molecule has 0 bridgehead atoms. The maximum atomic E-state index is 12.9. The Hall–Kier alpha value is -3.15. The molecule has 0 radical (unpaired) electrons. The maximum absolute atomic E-state index is 12.9. The summed E-state index contributed by atoms with van der Waals surface area (Å²) in [7, 11) is 0. The standard InChI is InChI=1S/C75H134O6/c1-4-7-10-13-16-19-22-25-28-31-34-35-36-37-38-39-40-41-42-45-47-50-53-56-59-62-65-68-74(77)80-71-72(81-75(78)69-66-63-60-57-54-51-48-44-33-30-27-24-21-18-15-12-9-6-3)70-79-73(76)67-64-61-58-55-52-49-46-43-32-29-26-23-20-17-14-11-8-5-2/h21-22,24-25,29-34,36-37,72H,4-20,23,26-28,35,38-71H2,1-3H3/b24-21-,25-22-,32-29-,33-30-,34-31-,37-36-. The molecule has 0 aromatic heterocycles. The minimum Gasteiger partial charge on any atom is -0.462 e. The number of esters is 3. The van der Waals surface area contributed by atoms with Gasteiger partial charge in [-0.1, -0.05) is 306 Å². The Kier molecular flexibility index (Phi) is 66.6. The summed E-state index contributed by atoms with van der Waals surface area (Å²) in [4.78, 5) is 38.5. The van der Waals surface area contributed by atoms with Crippen LogP contribution in [0.1, 0.15) is 367 Å².